The second kappa shape index (κ2) is 8.42. The summed E-state index contributed by atoms with van der Waals surface area (Å²) in [6, 6.07) is 10.5. The molecule has 2 aromatic heterocycles. The summed E-state index contributed by atoms with van der Waals surface area (Å²) in [7, 11) is -2.26. The van der Waals surface area contributed by atoms with Crippen LogP contribution in [0.25, 0.3) is 10.9 Å². The summed E-state index contributed by atoms with van der Waals surface area (Å²) in [5.74, 6) is -0.0473. The number of methoxy groups -OCH3 is 1. The van der Waals surface area contributed by atoms with Crippen molar-refractivity contribution >= 4 is 26.9 Å². The standard InChI is InChI=1S/C23H26N4O5S/c1-32-22-10-9-16(12-24-22)33(30,31)26-13-18(15-5-4-6-15)21(14-26)27-20-8-3-2-7-17(20)19(25-27)11-23(28)29/h2-3,7-10,12,15,18,21H,4-6,11,13-14H2,1H3,(H,28,29)/t18?,21-/m0/s1. The van der Waals surface area contributed by atoms with Crippen LogP contribution in [-0.4, -0.2) is 58.8 Å². The maximum Gasteiger partial charge on any atom is 0.309 e. The van der Waals surface area contributed by atoms with E-state index in [4.69, 9.17) is 9.84 Å². The van der Waals surface area contributed by atoms with Crippen molar-refractivity contribution in [2.24, 2.45) is 11.8 Å². The van der Waals surface area contributed by atoms with Crippen LogP contribution in [0, 0.1) is 11.8 Å². The number of hydrogen-bond acceptors (Lipinski definition) is 6. The van der Waals surface area contributed by atoms with Gasteiger partial charge in [0.05, 0.1) is 37.0 Å². The van der Waals surface area contributed by atoms with Crippen molar-refractivity contribution in [3.8, 4) is 5.88 Å². The Kier molecular flexibility index (Phi) is 5.57. The van der Waals surface area contributed by atoms with E-state index < -0.39 is 16.0 Å². The highest BCUT2D eigenvalue weighted by molar-refractivity contribution is 7.89. The van der Waals surface area contributed by atoms with Gasteiger partial charge in [-0.1, -0.05) is 37.5 Å². The van der Waals surface area contributed by atoms with E-state index in [1.165, 1.54) is 23.7 Å². The Morgan fingerprint density at radius 2 is 1.97 bits per heavy atom. The third-order valence-corrected chi connectivity index (χ3v) is 8.75. The summed E-state index contributed by atoms with van der Waals surface area (Å²) in [5.41, 5.74) is 1.35. The molecule has 2 fully saturated rings. The van der Waals surface area contributed by atoms with Crippen LogP contribution in [0.4, 0.5) is 0 Å². The Balaban J connectivity index is 1.53. The molecular weight excluding hydrogens is 444 g/mol. The molecule has 3 heterocycles. The normalized spacial score (nSPS) is 21.8. The quantitative estimate of drug-likeness (QED) is 0.565. The van der Waals surface area contributed by atoms with E-state index in [-0.39, 0.29) is 29.8 Å². The SMILES string of the molecule is COc1ccc(S(=O)(=O)N2CC(C3CCC3)[C@@H](n3nc(CC(=O)O)c4ccccc43)C2)cn1. The first-order valence-electron chi connectivity index (χ1n) is 11.1. The number of para-hydroxylation sites is 1. The number of sulfonamides is 1. The highest BCUT2D eigenvalue weighted by Crippen LogP contribution is 2.45. The minimum atomic E-state index is -3.74. The van der Waals surface area contributed by atoms with Crippen LogP contribution in [0.1, 0.15) is 31.0 Å². The van der Waals surface area contributed by atoms with E-state index in [1.807, 2.05) is 28.9 Å². The van der Waals surface area contributed by atoms with Crippen LogP contribution in [0.2, 0.25) is 0 Å². The lowest BCUT2D eigenvalue weighted by atomic mass is 9.74. The van der Waals surface area contributed by atoms with Gasteiger partial charge in [-0.05, 0) is 24.0 Å². The molecule has 1 N–H and O–H groups in total. The monoisotopic (exact) mass is 470 g/mol. The third kappa shape index (κ3) is 3.87. The summed E-state index contributed by atoms with van der Waals surface area (Å²) < 4.78 is 35.3. The van der Waals surface area contributed by atoms with Crippen molar-refractivity contribution < 1.29 is 23.1 Å². The van der Waals surface area contributed by atoms with Crippen LogP contribution < -0.4 is 4.74 Å². The van der Waals surface area contributed by atoms with Gasteiger partial charge in [-0.15, -0.1) is 0 Å². The fraction of sp³-hybridized carbons (Fsp3) is 0.435. The maximum absolute atomic E-state index is 13.4. The van der Waals surface area contributed by atoms with Crippen molar-refractivity contribution in [2.45, 2.75) is 36.6 Å². The Morgan fingerprint density at radius 1 is 1.18 bits per heavy atom. The maximum atomic E-state index is 13.4. The Hall–Kier alpha value is -2.98. The predicted octanol–water partition coefficient (Wildman–Crippen LogP) is 2.73. The summed E-state index contributed by atoms with van der Waals surface area (Å²) in [6.45, 7) is 0.694. The van der Waals surface area contributed by atoms with Gasteiger partial charge in [0.2, 0.25) is 15.9 Å². The molecule has 1 unspecified atom stereocenters. The molecule has 2 atom stereocenters. The minimum absolute atomic E-state index is 0.112. The molecule has 0 bridgehead atoms. The summed E-state index contributed by atoms with van der Waals surface area (Å²) >= 11 is 0. The number of pyridine rings is 1. The largest absolute Gasteiger partial charge is 0.481 e. The second-order valence-corrected chi connectivity index (χ2v) is 10.7. The molecule has 1 aliphatic carbocycles. The zero-order chi connectivity index (χ0) is 23.2. The Labute approximate surface area is 192 Å². The predicted molar refractivity (Wildman–Crippen MR) is 120 cm³/mol. The number of fused-ring (bicyclic) bond motifs is 1. The molecule has 2 aliphatic rings. The zero-order valence-electron chi connectivity index (χ0n) is 18.3. The number of aromatic nitrogens is 3. The summed E-state index contributed by atoms with van der Waals surface area (Å²) in [5, 5.41) is 14.8. The number of aliphatic carboxylic acids is 1. The molecule has 1 aliphatic heterocycles. The average molecular weight is 471 g/mol. The summed E-state index contributed by atoms with van der Waals surface area (Å²) in [4.78, 5) is 15.6. The van der Waals surface area contributed by atoms with Gasteiger partial charge >= 0.3 is 5.97 Å². The minimum Gasteiger partial charge on any atom is -0.481 e. The molecule has 174 valence electrons. The van der Waals surface area contributed by atoms with Gasteiger partial charge in [-0.2, -0.15) is 9.40 Å². The fourth-order valence-corrected chi connectivity index (χ4v) is 6.47. The topological polar surface area (TPSA) is 115 Å². The van der Waals surface area contributed by atoms with Crippen molar-refractivity contribution in [1.82, 2.24) is 19.1 Å². The molecule has 10 heteroatoms. The molecular formula is C23H26N4O5S. The van der Waals surface area contributed by atoms with E-state index in [2.05, 4.69) is 4.98 Å². The lowest BCUT2D eigenvalue weighted by molar-refractivity contribution is -0.136. The van der Waals surface area contributed by atoms with E-state index in [1.54, 1.807) is 6.07 Å². The average Bonchev–Trinajstić information content (AvgIpc) is 3.35. The van der Waals surface area contributed by atoms with Crippen molar-refractivity contribution in [3.05, 3.63) is 48.3 Å². The van der Waals surface area contributed by atoms with E-state index >= 15 is 0 Å². The number of rotatable bonds is 7. The Morgan fingerprint density at radius 3 is 2.61 bits per heavy atom. The molecule has 3 aromatic rings. The van der Waals surface area contributed by atoms with E-state index in [0.717, 1.165) is 30.2 Å². The second-order valence-electron chi connectivity index (χ2n) is 8.76. The fourth-order valence-electron chi connectivity index (χ4n) is 5.03. The van der Waals surface area contributed by atoms with E-state index in [9.17, 15) is 18.3 Å². The van der Waals surface area contributed by atoms with Crippen LogP contribution in [-0.2, 0) is 21.2 Å². The highest BCUT2D eigenvalue weighted by Gasteiger charge is 2.46. The van der Waals surface area contributed by atoms with Crippen LogP contribution in [0.5, 0.6) is 5.88 Å². The number of ether oxygens (including phenoxy) is 1. The Bertz CT molecular complexity index is 1280. The van der Waals surface area contributed by atoms with Crippen LogP contribution >= 0.6 is 0 Å². The smallest absolute Gasteiger partial charge is 0.309 e. The molecule has 1 saturated carbocycles. The van der Waals surface area contributed by atoms with Crippen molar-refractivity contribution in [3.63, 3.8) is 0 Å². The highest BCUT2D eigenvalue weighted by atomic mass is 32.2. The molecule has 0 radical (unpaired) electrons. The summed E-state index contributed by atoms with van der Waals surface area (Å²) in [6.07, 6.45) is 4.44. The lowest BCUT2D eigenvalue weighted by Gasteiger charge is -2.34. The number of carboxylic acid groups (broad SMARTS) is 1. The van der Waals surface area contributed by atoms with Gasteiger partial charge in [0.1, 0.15) is 4.90 Å². The van der Waals surface area contributed by atoms with E-state index in [0.29, 0.717) is 24.0 Å². The molecule has 9 nitrogen and oxygen atoms in total. The first-order chi connectivity index (χ1) is 15.9. The number of nitrogens with zero attached hydrogens (tertiary/aromatic N) is 4. The molecule has 0 spiro atoms. The van der Waals surface area contributed by atoms with Gasteiger partial charge in [0, 0.05) is 24.5 Å². The first-order valence-corrected chi connectivity index (χ1v) is 12.5. The number of benzene rings is 1. The first kappa shape index (κ1) is 21.8. The molecule has 1 aromatic carbocycles. The third-order valence-electron chi connectivity index (χ3n) is 6.93. The zero-order valence-corrected chi connectivity index (χ0v) is 19.1. The van der Waals surface area contributed by atoms with Crippen molar-refractivity contribution in [2.75, 3.05) is 20.2 Å². The molecule has 5 rings (SSSR count). The van der Waals surface area contributed by atoms with Gasteiger partial charge in [-0.25, -0.2) is 13.4 Å². The lowest BCUT2D eigenvalue weighted by Crippen LogP contribution is -2.31. The van der Waals surface area contributed by atoms with Gasteiger partial charge in [-0.3, -0.25) is 9.48 Å². The molecule has 0 amide bonds. The molecule has 1 saturated heterocycles. The van der Waals surface area contributed by atoms with Gasteiger partial charge in [0.25, 0.3) is 0 Å². The van der Waals surface area contributed by atoms with Crippen LogP contribution in [0.3, 0.4) is 0 Å². The number of carbonyl (C=O) groups is 1. The van der Waals surface area contributed by atoms with Crippen LogP contribution in [0.15, 0.2) is 47.5 Å². The van der Waals surface area contributed by atoms with Gasteiger partial charge in [0.15, 0.2) is 0 Å². The van der Waals surface area contributed by atoms with Gasteiger partial charge < -0.3 is 9.84 Å². The number of hydrogen-bond donors (Lipinski definition) is 1. The molecule has 33 heavy (non-hydrogen) atoms. The van der Waals surface area contributed by atoms with Crippen molar-refractivity contribution in [1.29, 1.82) is 0 Å². The number of carboxylic acids is 1.